The standard InChI is InChI=1S/C12H15ClN2OS.CH3I.HI/c1-6-8(13)5-9(16-3)11-10(6)7(2)14-12(15-11)17-4;1-2;/h5,7H,1-4H3,(H,14,15);1H3;1H. The molecule has 1 aliphatic heterocycles. The number of methoxy groups -OCH3 is 1. The zero-order chi connectivity index (χ0) is 14.6. The highest BCUT2D eigenvalue weighted by Crippen LogP contribution is 2.43. The summed E-state index contributed by atoms with van der Waals surface area (Å²) in [5.74, 6) is 0.768. The lowest BCUT2D eigenvalue weighted by Crippen LogP contribution is -2.18. The molecule has 1 aromatic rings. The molecule has 0 bridgehead atoms. The Labute approximate surface area is 160 Å². The van der Waals surface area contributed by atoms with Crippen LogP contribution in [0.3, 0.4) is 0 Å². The Kier molecular flexibility index (Phi) is 9.86. The van der Waals surface area contributed by atoms with Gasteiger partial charge in [-0.25, -0.2) is 0 Å². The van der Waals surface area contributed by atoms with Crippen LogP contribution in [0.25, 0.3) is 0 Å². The third kappa shape index (κ3) is 4.30. The summed E-state index contributed by atoms with van der Waals surface area (Å²) < 4.78 is 5.38. The molecule has 0 amide bonds. The van der Waals surface area contributed by atoms with Crippen molar-refractivity contribution < 1.29 is 4.74 Å². The number of rotatable bonds is 1. The average Bonchev–Trinajstić information content (AvgIpc) is 2.44. The van der Waals surface area contributed by atoms with E-state index in [1.165, 1.54) is 0 Å². The van der Waals surface area contributed by atoms with Gasteiger partial charge in [0.05, 0.1) is 18.8 Å². The van der Waals surface area contributed by atoms with Crippen molar-refractivity contribution in [1.82, 2.24) is 0 Å². The molecule has 1 heterocycles. The molecule has 2 rings (SSSR count). The van der Waals surface area contributed by atoms with Gasteiger partial charge in [-0.3, -0.25) is 4.99 Å². The maximum absolute atomic E-state index is 6.20. The van der Waals surface area contributed by atoms with Gasteiger partial charge in [-0.15, -0.1) is 24.0 Å². The van der Waals surface area contributed by atoms with Crippen molar-refractivity contribution in [2.75, 3.05) is 23.6 Å². The lowest BCUT2D eigenvalue weighted by molar-refractivity contribution is 0.416. The SMILES string of the molecule is CI.COc1cc(Cl)c(C)c2c1NC(SC)=NC2C.I. The van der Waals surface area contributed by atoms with E-state index < -0.39 is 0 Å². The number of halogens is 3. The first-order valence-corrected chi connectivity index (χ1v) is 9.48. The molecule has 1 unspecified atom stereocenters. The molecule has 0 saturated carbocycles. The number of nitrogens with zero attached hydrogens (tertiary/aromatic N) is 1. The van der Waals surface area contributed by atoms with Crippen LogP contribution in [0.2, 0.25) is 5.02 Å². The lowest BCUT2D eigenvalue weighted by Gasteiger charge is -2.26. The highest BCUT2D eigenvalue weighted by molar-refractivity contribution is 14.1. The fourth-order valence-electron chi connectivity index (χ4n) is 2.04. The molecule has 3 nitrogen and oxygen atoms in total. The molecule has 114 valence electrons. The van der Waals surface area contributed by atoms with Gasteiger partial charge in [0.15, 0.2) is 5.17 Å². The van der Waals surface area contributed by atoms with Gasteiger partial charge in [-0.1, -0.05) is 46.0 Å². The molecule has 1 aromatic carbocycles. The van der Waals surface area contributed by atoms with Gasteiger partial charge in [-0.2, -0.15) is 0 Å². The molecule has 0 radical (unpaired) electrons. The van der Waals surface area contributed by atoms with Crippen LogP contribution < -0.4 is 10.1 Å². The van der Waals surface area contributed by atoms with Crippen molar-refractivity contribution in [2.45, 2.75) is 19.9 Å². The van der Waals surface area contributed by atoms with Crippen LogP contribution in [0.1, 0.15) is 24.1 Å². The van der Waals surface area contributed by atoms with E-state index in [0.717, 1.165) is 32.8 Å². The number of fused-ring (bicyclic) bond motifs is 1. The van der Waals surface area contributed by atoms with Crippen LogP contribution in [0.15, 0.2) is 11.1 Å². The molecule has 0 spiro atoms. The molecule has 1 aliphatic rings. The predicted octanol–water partition coefficient (Wildman–Crippen LogP) is 5.53. The van der Waals surface area contributed by atoms with Crippen LogP contribution >= 0.6 is 69.9 Å². The molecule has 7 heteroatoms. The molecular formula is C13H19ClI2N2OS. The number of anilines is 1. The fraction of sp³-hybridized carbons (Fsp3) is 0.462. The first kappa shape index (κ1) is 20.6. The molecule has 0 fully saturated rings. The van der Waals surface area contributed by atoms with E-state index in [4.69, 9.17) is 16.3 Å². The minimum Gasteiger partial charge on any atom is -0.495 e. The first-order valence-electron chi connectivity index (χ1n) is 5.72. The summed E-state index contributed by atoms with van der Waals surface area (Å²) in [5.41, 5.74) is 3.17. The van der Waals surface area contributed by atoms with Crippen LogP contribution in [0.5, 0.6) is 5.75 Å². The summed E-state index contributed by atoms with van der Waals surface area (Å²) in [6.07, 6.45) is 2.00. The molecule has 20 heavy (non-hydrogen) atoms. The Balaban J connectivity index is 0.00000115. The van der Waals surface area contributed by atoms with E-state index in [9.17, 15) is 0 Å². The van der Waals surface area contributed by atoms with E-state index in [0.29, 0.717) is 0 Å². The van der Waals surface area contributed by atoms with Crippen LogP contribution in [0, 0.1) is 6.92 Å². The average molecular weight is 541 g/mol. The summed E-state index contributed by atoms with van der Waals surface area (Å²) in [6, 6.07) is 1.94. The second-order valence-electron chi connectivity index (χ2n) is 3.91. The van der Waals surface area contributed by atoms with Crippen LogP contribution in [-0.2, 0) is 0 Å². The van der Waals surface area contributed by atoms with E-state index in [1.807, 2.05) is 24.2 Å². The van der Waals surface area contributed by atoms with Crippen molar-refractivity contribution in [3.8, 4) is 5.75 Å². The Morgan fingerprint density at radius 1 is 1.45 bits per heavy atom. The highest BCUT2D eigenvalue weighted by Gasteiger charge is 2.24. The monoisotopic (exact) mass is 540 g/mol. The number of amidine groups is 1. The van der Waals surface area contributed by atoms with E-state index in [-0.39, 0.29) is 30.0 Å². The van der Waals surface area contributed by atoms with Crippen LogP contribution in [-0.4, -0.2) is 23.5 Å². The zero-order valence-electron chi connectivity index (χ0n) is 12.1. The lowest BCUT2D eigenvalue weighted by atomic mass is 9.98. The Hall–Kier alpha value is 0.590. The number of aliphatic imine (C=N–C) groups is 1. The second kappa shape index (κ2) is 9.58. The number of ether oxygens (including phenoxy) is 1. The van der Waals surface area contributed by atoms with Gasteiger partial charge in [0.1, 0.15) is 5.75 Å². The van der Waals surface area contributed by atoms with Gasteiger partial charge in [0.25, 0.3) is 0 Å². The number of hydrogen-bond donors (Lipinski definition) is 1. The summed E-state index contributed by atoms with van der Waals surface area (Å²) >= 11 is 9.95. The van der Waals surface area contributed by atoms with Crippen LogP contribution in [0.4, 0.5) is 5.69 Å². The minimum absolute atomic E-state index is 0. The van der Waals surface area contributed by atoms with Crippen molar-refractivity contribution >= 4 is 80.8 Å². The topological polar surface area (TPSA) is 33.6 Å². The van der Waals surface area contributed by atoms with E-state index in [2.05, 4.69) is 39.8 Å². The molecule has 0 saturated heterocycles. The summed E-state index contributed by atoms with van der Waals surface area (Å²) in [6.45, 7) is 4.08. The Morgan fingerprint density at radius 2 is 2.05 bits per heavy atom. The summed E-state index contributed by atoms with van der Waals surface area (Å²) in [7, 11) is 1.65. The van der Waals surface area contributed by atoms with E-state index >= 15 is 0 Å². The number of thioether (sulfide) groups is 1. The maximum atomic E-state index is 6.20. The number of nitrogens with one attached hydrogen (secondary N) is 1. The van der Waals surface area contributed by atoms with Crippen molar-refractivity contribution in [2.24, 2.45) is 4.99 Å². The second-order valence-corrected chi connectivity index (χ2v) is 5.12. The first-order chi connectivity index (χ1) is 9.08. The van der Waals surface area contributed by atoms with Crippen molar-refractivity contribution in [3.05, 3.63) is 22.2 Å². The Bertz CT molecular complexity index is 498. The fourth-order valence-corrected chi connectivity index (χ4v) is 2.71. The van der Waals surface area contributed by atoms with E-state index in [1.54, 1.807) is 18.9 Å². The molecule has 0 aromatic heterocycles. The normalized spacial score (nSPS) is 15.8. The van der Waals surface area contributed by atoms with Crippen molar-refractivity contribution in [1.29, 1.82) is 0 Å². The predicted molar refractivity (Wildman–Crippen MR) is 111 cm³/mol. The summed E-state index contributed by atoms with van der Waals surface area (Å²) in [5, 5.41) is 4.92. The smallest absolute Gasteiger partial charge is 0.161 e. The van der Waals surface area contributed by atoms with Gasteiger partial charge in [0, 0.05) is 16.7 Å². The molecular weight excluding hydrogens is 521 g/mol. The third-order valence-corrected chi connectivity index (χ3v) is 3.90. The minimum atomic E-state index is 0. The quantitative estimate of drug-likeness (QED) is 0.376. The maximum Gasteiger partial charge on any atom is 0.161 e. The van der Waals surface area contributed by atoms with Gasteiger partial charge < -0.3 is 10.1 Å². The number of hydrogen-bond acceptors (Lipinski definition) is 4. The molecule has 1 atom stereocenters. The largest absolute Gasteiger partial charge is 0.495 e. The summed E-state index contributed by atoms with van der Waals surface area (Å²) in [4.78, 5) is 6.54. The van der Waals surface area contributed by atoms with Crippen molar-refractivity contribution in [3.63, 3.8) is 0 Å². The molecule has 0 aliphatic carbocycles. The zero-order valence-corrected chi connectivity index (χ0v) is 18.1. The Morgan fingerprint density at radius 3 is 2.55 bits per heavy atom. The highest BCUT2D eigenvalue weighted by atomic mass is 127. The van der Waals surface area contributed by atoms with Gasteiger partial charge in [0.2, 0.25) is 0 Å². The third-order valence-electron chi connectivity index (χ3n) is 2.91. The molecule has 1 N–H and O–H groups in total. The number of alkyl halides is 1. The van der Waals surface area contributed by atoms with Gasteiger partial charge >= 0.3 is 0 Å². The van der Waals surface area contributed by atoms with Gasteiger partial charge in [-0.05, 0) is 30.6 Å². The number of benzene rings is 1.